The van der Waals surface area contributed by atoms with Gasteiger partial charge < -0.3 is 14.7 Å². The monoisotopic (exact) mass is 317 g/mol. The molecule has 1 N–H and O–H groups in total. The summed E-state index contributed by atoms with van der Waals surface area (Å²) in [6.07, 6.45) is 0. The van der Waals surface area contributed by atoms with Gasteiger partial charge in [0.25, 0.3) is 5.91 Å². The zero-order chi connectivity index (χ0) is 17.3. The molecule has 0 saturated carbocycles. The summed E-state index contributed by atoms with van der Waals surface area (Å²) in [5.74, 6) is -0.0477. The molecule has 1 aromatic carbocycles. The highest BCUT2D eigenvalue weighted by Gasteiger charge is 2.36. The van der Waals surface area contributed by atoms with Crippen molar-refractivity contribution in [3.8, 4) is 0 Å². The predicted octanol–water partition coefficient (Wildman–Crippen LogP) is 2.48. The average molecular weight is 317 g/mol. The maximum atomic E-state index is 12.1. The molecule has 126 valence electrons. The van der Waals surface area contributed by atoms with Crippen molar-refractivity contribution in [2.24, 2.45) is 5.41 Å². The SMILES string of the molecule is CB(OC(C)(C)C(C)(C)C)c1ccc(C(=O)NC2COC2)cc1. The molecule has 1 aliphatic rings. The van der Waals surface area contributed by atoms with Crippen LogP contribution in [0.15, 0.2) is 24.3 Å². The van der Waals surface area contributed by atoms with Crippen LogP contribution < -0.4 is 10.8 Å². The Balaban J connectivity index is 1.99. The standard InChI is InChI=1S/C18H28BNO3/c1-17(2,3)18(4,5)23-19(6)14-9-7-13(8-10-14)16(21)20-15-11-22-12-15/h7-10,15H,11-12H2,1-6H3,(H,20,21). The van der Waals surface area contributed by atoms with Crippen molar-refractivity contribution in [3.63, 3.8) is 0 Å². The summed E-state index contributed by atoms with van der Waals surface area (Å²) in [4.78, 5) is 12.1. The highest BCUT2D eigenvalue weighted by molar-refractivity contribution is 6.66. The molecule has 1 heterocycles. The van der Waals surface area contributed by atoms with Crippen molar-refractivity contribution in [1.82, 2.24) is 5.32 Å². The molecule has 23 heavy (non-hydrogen) atoms. The van der Waals surface area contributed by atoms with E-state index in [1.54, 1.807) is 0 Å². The molecule has 1 saturated heterocycles. The highest BCUT2D eigenvalue weighted by Crippen LogP contribution is 2.33. The lowest BCUT2D eigenvalue weighted by Gasteiger charge is -2.40. The van der Waals surface area contributed by atoms with E-state index in [9.17, 15) is 4.79 Å². The minimum atomic E-state index is -0.243. The van der Waals surface area contributed by atoms with Gasteiger partial charge in [-0.2, -0.15) is 0 Å². The Morgan fingerprint density at radius 2 is 1.74 bits per heavy atom. The van der Waals surface area contributed by atoms with Crippen LogP contribution in [0.2, 0.25) is 6.82 Å². The molecule has 5 heteroatoms. The van der Waals surface area contributed by atoms with Gasteiger partial charge >= 0.3 is 6.92 Å². The first-order valence-electron chi connectivity index (χ1n) is 8.26. The number of carbonyl (C=O) groups is 1. The molecule has 1 amide bonds. The number of amides is 1. The van der Waals surface area contributed by atoms with Gasteiger partial charge in [0.15, 0.2) is 0 Å². The first kappa shape index (κ1) is 18.0. The summed E-state index contributed by atoms with van der Waals surface area (Å²) in [5.41, 5.74) is 1.55. The maximum Gasteiger partial charge on any atom is 0.324 e. The summed E-state index contributed by atoms with van der Waals surface area (Å²) in [6.45, 7) is 14.0. The lowest BCUT2D eigenvalue weighted by Crippen LogP contribution is -2.48. The first-order chi connectivity index (χ1) is 10.6. The van der Waals surface area contributed by atoms with Gasteiger partial charge in [0.2, 0.25) is 0 Å². The zero-order valence-electron chi connectivity index (χ0n) is 15.1. The molecule has 0 bridgehead atoms. The van der Waals surface area contributed by atoms with Crippen molar-refractivity contribution in [2.75, 3.05) is 13.2 Å². The van der Waals surface area contributed by atoms with Crippen molar-refractivity contribution >= 4 is 18.3 Å². The van der Waals surface area contributed by atoms with Gasteiger partial charge in [-0.1, -0.05) is 39.7 Å². The largest absolute Gasteiger partial charge is 0.426 e. The minimum Gasteiger partial charge on any atom is -0.426 e. The average Bonchev–Trinajstić information content (AvgIpc) is 2.41. The normalized spacial score (nSPS) is 15.9. The number of ether oxygens (including phenoxy) is 1. The summed E-state index contributed by atoms with van der Waals surface area (Å²) < 4.78 is 11.3. The lowest BCUT2D eigenvalue weighted by molar-refractivity contribution is -0.00346. The van der Waals surface area contributed by atoms with E-state index in [0.29, 0.717) is 18.8 Å². The van der Waals surface area contributed by atoms with Crippen LogP contribution in [0.5, 0.6) is 0 Å². The molecule has 4 nitrogen and oxygen atoms in total. The van der Waals surface area contributed by atoms with E-state index in [2.05, 4.69) is 39.9 Å². The Morgan fingerprint density at radius 1 is 1.17 bits per heavy atom. The molecule has 0 atom stereocenters. The third-order valence-electron chi connectivity index (χ3n) is 4.89. The Labute approximate surface area is 140 Å². The second kappa shape index (κ2) is 6.66. The van der Waals surface area contributed by atoms with Crippen molar-refractivity contribution < 1.29 is 14.2 Å². The molecule has 0 aliphatic carbocycles. The first-order valence-corrected chi connectivity index (χ1v) is 8.26. The number of benzene rings is 1. The number of hydrogen-bond donors (Lipinski definition) is 1. The number of rotatable bonds is 5. The van der Waals surface area contributed by atoms with E-state index >= 15 is 0 Å². The highest BCUT2D eigenvalue weighted by atomic mass is 16.5. The maximum absolute atomic E-state index is 12.1. The topological polar surface area (TPSA) is 47.6 Å². The Hall–Kier alpha value is -1.33. The summed E-state index contributed by atoms with van der Waals surface area (Å²) in [6, 6.07) is 7.80. The van der Waals surface area contributed by atoms with Gasteiger partial charge in [-0.15, -0.1) is 0 Å². The van der Waals surface area contributed by atoms with Gasteiger partial charge in [0.1, 0.15) is 0 Å². The van der Waals surface area contributed by atoms with Gasteiger partial charge in [-0.25, -0.2) is 0 Å². The Morgan fingerprint density at radius 3 is 2.17 bits per heavy atom. The number of nitrogens with one attached hydrogen (secondary N) is 1. The minimum absolute atomic E-state index is 0.0265. The smallest absolute Gasteiger partial charge is 0.324 e. The Kier molecular flexibility index (Phi) is 5.22. The van der Waals surface area contributed by atoms with Crippen LogP contribution in [0.4, 0.5) is 0 Å². The summed E-state index contributed by atoms with van der Waals surface area (Å²) in [5, 5.41) is 2.94. The summed E-state index contributed by atoms with van der Waals surface area (Å²) in [7, 11) is 0. The second-order valence-corrected chi connectivity index (χ2v) is 7.85. The molecule has 1 aliphatic heterocycles. The molecular formula is C18H28BNO3. The zero-order valence-corrected chi connectivity index (χ0v) is 15.1. The van der Waals surface area contributed by atoms with Gasteiger partial charge in [-0.3, -0.25) is 4.79 Å². The fourth-order valence-corrected chi connectivity index (χ4v) is 2.18. The van der Waals surface area contributed by atoms with Gasteiger partial charge in [0, 0.05) is 5.56 Å². The third-order valence-corrected chi connectivity index (χ3v) is 4.89. The predicted molar refractivity (Wildman–Crippen MR) is 94.4 cm³/mol. The van der Waals surface area contributed by atoms with E-state index in [0.717, 1.165) is 5.46 Å². The molecule has 1 fully saturated rings. The molecular weight excluding hydrogens is 289 g/mol. The molecule has 0 radical (unpaired) electrons. The lowest BCUT2D eigenvalue weighted by atomic mass is 9.62. The van der Waals surface area contributed by atoms with Crippen LogP contribution in [0, 0.1) is 5.41 Å². The van der Waals surface area contributed by atoms with E-state index in [-0.39, 0.29) is 29.9 Å². The molecule has 0 spiro atoms. The van der Waals surface area contributed by atoms with Crippen LogP contribution in [-0.2, 0) is 9.39 Å². The van der Waals surface area contributed by atoms with Crippen LogP contribution in [0.1, 0.15) is 45.0 Å². The molecule has 2 rings (SSSR count). The van der Waals surface area contributed by atoms with Crippen molar-refractivity contribution in [1.29, 1.82) is 0 Å². The fraction of sp³-hybridized carbons (Fsp3) is 0.611. The molecule has 0 unspecified atom stereocenters. The van der Waals surface area contributed by atoms with Crippen LogP contribution in [0.25, 0.3) is 0 Å². The van der Waals surface area contributed by atoms with E-state index < -0.39 is 0 Å². The summed E-state index contributed by atoms with van der Waals surface area (Å²) >= 11 is 0. The second-order valence-electron chi connectivity index (χ2n) is 7.85. The quantitative estimate of drug-likeness (QED) is 0.849. The van der Waals surface area contributed by atoms with Crippen LogP contribution in [-0.4, -0.2) is 37.7 Å². The van der Waals surface area contributed by atoms with E-state index in [1.165, 1.54) is 0 Å². The fourth-order valence-electron chi connectivity index (χ4n) is 2.18. The Bertz CT molecular complexity index is 544. The van der Waals surface area contributed by atoms with Gasteiger partial charge in [0.05, 0.1) is 24.9 Å². The number of hydrogen-bond acceptors (Lipinski definition) is 3. The van der Waals surface area contributed by atoms with E-state index in [4.69, 9.17) is 9.39 Å². The van der Waals surface area contributed by atoms with Gasteiger partial charge in [-0.05, 0) is 36.9 Å². The van der Waals surface area contributed by atoms with E-state index in [1.807, 2.05) is 31.1 Å². The van der Waals surface area contributed by atoms with Crippen molar-refractivity contribution in [3.05, 3.63) is 29.8 Å². The van der Waals surface area contributed by atoms with Crippen LogP contribution in [0.3, 0.4) is 0 Å². The molecule has 0 aromatic heterocycles. The third kappa shape index (κ3) is 4.36. The van der Waals surface area contributed by atoms with Crippen LogP contribution >= 0.6 is 0 Å². The number of carbonyl (C=O) groups excluding carboxylic acids is 1. The van der Waals surface area contributed by atoms with Crippen molar-refractivity contribution in [2.45, 2.75) is 53.1 Å². The molecule has 1 aromatic rings.